The molecule has 0 N–H and O–H groups in total. The Hall–Kier alpha value is -1.04. The van der Waals surface area contributed by atoms with Crippen molar-refractivity contribution in [2.24, 2.45) is 0 Å². The molecule has 0 aliphatic carbocycles. The van der Waals surface area contributed by atoms with E-state index in [1.807, 2.05) is 6.92 Å². The van der Waals surface area contributed by atoms with Crippen LogP contribution in [0.1, 0.15) is 49.4 Å². The summed E-state index contributed by atoms with van der Waals surface area (Å²) in [5.74, 6) is -0.944. The second-order valence-electron chi connectivity index (χ2n) is 4.79. The highest BCUT2D eigenvalue weighted by Gasteiger charge is 2.42. The van der Waals surface area contributed by atoms with E-state index in [1.165, 1.54) is 12.1 Å². The maximum atomic E-state index is 12.9. The van der Waals surface area contributed by atoms with Crippen molar-refractivity contribution in [1.29, 1.82) is 0 Å². The SMILES string of the molecule is CCCCCC[C@H](OC(=O)c1ccc(Br)cc1)C(F)(F)F. The van der Waals surface area contributed by atoms with Crippen molar-refractivity contribution in [3.8, 4) is 0 Å². The highest BCUT2D eigenvalue weighted by atomic mass is 79.9. The van der Waals surface area contributed by atoms with Crippen molar-refractivity contribution in [1.82, 2.24) is 0 Å². The second-order valence-corrected chi connectivity index (χ2v) is 5.71. The molecule has 0 aromatic heterocycles. The Labute approximate surface area is 130 Å². The molecule has 118 valence electrons. The summed E-state index contributed by atoms with van der Waals surface area (Å²) in [5.41, 5.74) is 0.112. The van der Waals surface area contributed by atoms with Gasteiger partial charge in [-0.05, 0) is 37.1 Å². The Kier molecular flexibility index (Phi) is 7.22. The van der Waals surface area contributed by atoms with E-state index in [0.717, 1.165) is 17.3 Å². The van der Waals surface area contributed by atoms with Gasteiger partial charge in [0.25, 0.3) is 0 Å². The van der Waals surface area contributed by atoms with Crippen molar-refractivity contribution < 1.29 is 22.7 Å². The topological polar surface area (TPSA) is 26.3 Å². The van der Waals surface area contributed by atoms with Gasteiger partial charge in [0.2, 0.25) is 0 Å². The van der Waals surface area contributed by atoms with Gasteiger partial charge in [-0.25, -0.2) is 4.79 Å². The van der Waals surface area contributed by atoms with Gasteiger partial charge in [0.1, 0.15) is 0 Å². The quantitative estimate of drug-likeness (QED) is 0.469. The number of ether oxygens (including phenoxy) is 1. The molecule has 0 fully saturated rings. The summed E-state index contributed by atoms with van der Waals surface area (Å²) in [7, 11) is 0. The Morgan fingerprint density at radius 2 is 1.81 bits per heavy atom. The molecule has 2 nitrogen and oxygen atoms in total. The highest BCUT2D eigenvalue weighted by molar-refractivity contribution is 9.10. The van der Waals surface area contributed by atoms with Gasteiger partial charge in [0.15, 0.2) is 6.10 Å². The van der Waals surface area contributed by atoms with E-state index in [9.17, 15) is 18.0 Å². The number of rotatable bonds is 7. The largest absolute Gasteiger partial charge is 0.449 e. The summed E-state index contributed by atoms with van der Waals surface area (Å²) in [6.07, 6.45) is -3.83. The molecule has 1 aromatic carbocycles. The average Bonchev–Trinajstić information content (AvgIpc) is 2.41. The van der Waals surface area contributed by atoms with Crippen molar-refractivity contribution >= 4 is 21.9 Å². The van der Waals surface area contributed by atoms with Crippen molar-refractivity contribution in [2.75, 3.05) is 0 Å². The molecule has 0 amide bonds. The van der Waals surface area contributed by atoms with E-state index in [4.69, 9.17) is 0 Å². The maximum Gasteiger partial charge on any atom is 0.425 e. The van der Waals surface area contributed by atoms with Crippen LogP contribution in [0.2, 0.25) is 0 Å². The van der Waals surface area contributed by atoms with Crippen LogP contribution < -0.4 is 0 Å². The van der Waals surface area contributed by atoms with Crippen LogP contribution in [0.25, 0.3) is 0 Å². The molecule has 0 aliphatic heterocycles. The van der Waals surface area contributed by atoms with Gasteiger partial charge >= 0.3 is 12.1 Å². The minimum Gasteiger partial charge on any atom is -0.449 e. The van der Waals surface area contributed by atoms with Gasteiger partial charge in [-0.1, -0.05) is 42.1 Å². The molecule has 1 atom stereocenters. The zero-order valence-electron chi connectivity index (χ0n) is 11.8. The molecule has 0 saturated heterocycles. The lowest BCUT2D eigenvalue weighted by molar-refractivity contribution is -0.206. The lowest BCUT2D eigenvalue weighted by atomic mass is 10.1. The van der Waals surface area contributed by atoms with E-state index in [2.05, 4.69) is 20.7 Å². The summed E-state index contributed by atoms with van der Waals surface area (Å²) in [4.78, 5) is 11.8. The van der Waals surface area contributed by atoms with Crippen LogP contribution in [0.3, 0.4) is 0 Å². The second kappa shape index (κ2) is 8.41. The first kappa shape index (κ1) is 18.0. The standard InChI is InChI=1S/C15H18BrF3O2/c1-2-3-4-5-6-13(15(17,18)19)21-14(20)11-7-9-12(16)10-8-11/h7-10,13H,2-6H2,1H3/t13-/m0/s1. The zero-order valence-corrected chi connectivity index (χ0v) is 13.3. The lowest BCUT2D eigenvalue weighted by Gasteiger charge is -2.20. The maximum absolute atomic E-state index is 12.9. The number of esters is 1. The summed E-state index contributed by atoms with van der Waals surface area (Å²) in [6.45, 7) is 1.98. The fourth-order valence-corrected chi connectivity index (χ4v) is 2.09. The third kappa shape index (κ3) is 6.50. The minimum absolute atomic E-state index is 0.112. The van der Waals surface area contributed by atoms with Crippen LogP contribution in [0.15, 0.2) is 28.7 Å². The molecule has 0 heterocycles. The predicted molar refractivity (Wildman–Crippen MR) is 78.2 cm³/mol. The monoisotopic (exact) mass is 366 g/mol. The number of carbonyl (C=O) groups excluding carboxylic acids is 1. The fourth-order valence-electron chi connectivity index (χ4n) is 1.83. The number of carbonyl (C=O) groups is 1. The summed E-state index contributed by atoms with van der Waals surface area (Å²) < 4.78 is 44.0. The molecule has 0 spiro atoms. The minimum atomic E-state index is -4.53. The van der Waals surface area contributed by atoms with E-state index >= 15 is 0 Å². The van der Waals surface area contributed by atoms with Gasteiger partial charge in [0.05, 0.1) is 5.56 Å². The Balaban J connectivity index is 2.63. The number of hydrogen-bond acceptors (Lipinski definition) is 2. The zero-order chi connectivity index (χ0) is 15.9. The molecule has 1 rings (SSSR count). The van der Waals surface area contributed by atoms with Gasteiger partial charge in [0, 0.05) is 4.47 Å². The lowest BCUT2D eigenvalue weighted by Crippen LogP contribution is -2.33. The molecule has 0 aliphatic rings. The van der Waals surface area contributed by atoms with Crippen LogP contribution in [0, 0.1) is 0 Å². The first-order valence-electron chi connectivity index (χ1n) is 6.88. The Bertz CT molecular complexity index is 443. The summed E-state index contributed by atoms with van der Waals surface area (Å²) >= 11 is 3.19. The van der Waals surface area contributed by atoms with Crippen LogP contribution in [-0.2, 0) is 4.74 Å². The summed E-state index contributed by atoms with van der Waals surface area (Å²) in [5, 5.41) is 0. The Morgan fingerprint density at radius 1 is 1.19 bits per heavy atom. The van der Waals surface area contributed by atoms with E-state index in [1.54, 1.807) is 12.1 Å². The fraction of sp³-hybridized carbons (Fsp3) is 0.533. The van der Waals surface area contributed by atoms with E-state index in [-0.39, 0.29) is 12.0 Å². The highest BCUT2D eigenvalue weighted by Crippen LogP contribution is 2.28. The molecule has 0 radical (unpaired) electrons. The average molecular weight is 367 g/mol. The number of benzene rings is 1. The molecule has 0 bridgehead atoms. The Morgan fingerprint density at radius 3 is 2.33 bits per heavy atom. The van der Waals surface area contributed by atoms with Crippen molar-refractivity contribution in [3.05, 3.63) is 34.3 Å². The summed E-state index contributed by atoms with van der Waals surface area (Å²) in [6, 6.07) is 6.02. The third-order valence-electron chi connectivity index (χ3n) is 3.01. The van der Waals surface area contributed by atoms with E-state index < -0.39 is 18.2 Å². The van der Waals surface area contributed by atoms with Gasteiger partial charge < -0.3 is 4.74 Å². The number of unbranched alkanes of at least 4 members (excludes halogenated alkanes) is 3. The predicted octanol–water partition coefficient (Wildman–Crippen LogP) is 5.51. The van der Waals surface area contributed by atoms with Crippen LogP contribution in [0.5, 0.6) is 0 Å². The normalized spacial score (nSPS) is 13.0. The van der Waals surface area contributed by atoms with Crippen molar-refractivity contribution in [2.45, 2.75) is 51.3 Å². The number of hydrogen-bond donors (Lipinski definition) is 0. The molecule has 0 unspecified atom stereocenters. The molecule has 6 heteroatoms. The van der Waals surface area contributed by atoms with Gasteiger partial charge in [-0.3, -0.25) is 0 Å². The third-order valence-corrected chi connectivity index (χ3v) is 3.54. The first-order chi connectivity index (χ1) is 9.84. The molecule has 21 heavy (non-hydrogen) atoms. The van der Waals surface area contributed by atoms with Crippen LogP contribution in [-0.4, -0.2) is 18.2 Å². The molecular formula is C15H18BrF3O2. The molecule has 0 saturated carbocycles. The molecule has 1 aromatic rings. The van der Waals surface area contributed by atoms with Crippen LogP contribution >= 0.6 is 15.9 Å². The first-order valence-corrected chi connectivity index (χ1v) is 7.67. The van der Waals surface area contributed by atoms with Gasteiger partial charge in [-0.2, -0.15) is 13.2 Å². The van der Waals surface area contributed by atoms with Crippen LogP contribution in [0.4, 0.5) is 13.2 Å². The smallest absolute Gasteiger partial charge is 0.425 e. The molecular weight excluding hydrogens is 349 g/mol. The van der Waals surface area contributed by atoms with Crippen molar-refractivity contribution in [3.63, 3.8) is 0 Å². The van der Waals surface area contributed by atoms with Gasteiger partial charge in [-0.15, -0.1) is 0 Å². The number of alkyl halides is 3. The number of halogens is 4. The van der Waals surface area contributed by atoms with E-state index in [0.29, 0.717) is 12.8 Å².